The standard InChI is InChI=1S/C13H25NO4/c15-5-9-16-6-1-4-14-12-2-7-18-13(10-12)3-8-17-11-13/h12,14-15H,1-11H2. The second kappa shape index (κ2) is 7.40. The number of rotatable bonds is 7. The molecule has 18 heavy (non-hydrogen) atoms. The smallest absolute Gasteiger partial charge is 0.0951 e. The number of hydrogen-bond donors (Lipinski definition) is 2. The maximum absolute atomic E-state index is 8.58. The second-order valence-corrected chi connectivity index (χ2v) is 5.17. The molecule has 1 spiro atoms. The molecule has 2 aliphatic heterocycles. The van der Waals surface area contributed by atoms with Crippen molar-refractivity contribution in [1.29, 1.82) is 0 Å². The van der Waals surface area contributed by atoms with Gasteiger partial charge in [-0.3, -0.25) is 0 Å². The summed E-state index contributed by atoms with van der Waals surface area (Å²) in [6.07, 6.45) is 4.16. The lowest BCUT2D eigenvalue weighted by Crippen LogP contribution is -2.47. The first-order valence-corrected chi connectivity index (χ1v) is 6.98. The minimum atomic E-state index is -0.0106. The van der Waals surface area contributed by atoms with Crippen LogP contribution in [0.25, 0.3) is 0 Å². The van der Waals surface area contributed by atoms with Crippen LogP contribution in [0.5, 0.6) is 0 Å². The summed E-state index contributed by atoms with van der Waals surface area (Å²) in [4.78, 5) is 0. The predicted octanol–water partition coefficient (Wildman–Crippen LogP) is 0.313. The Balaban J connectivity index is 1.58. The largest absolute Gasteiger partial charge is 0.394 e. The lowest BCUT2D eigenvalue weighted by molar-refractivity contribution is -0.0893. The lowest BCUT2D eigenvalue weighted by Gasteiger charge is -2.37. The van der Waals surface area contributed by atoms with E-state index >= 15 is 0 Å². The summed E-state index contributed by atoms with van der Waals surface area (Å²) >= 11 is 0. The van der Waals surface area contributed by atoms with E-state index in [-0.39, 0.29) is 12.2 Å². The van der Waals surface area contributed by atoms with Crippen LogP contribution in [0, 0.1) is 0 Å². The van der Waals surface area contributed by atoms with Crippen molar-refractivity contribution in [3.63, 3.8) is 0 Å². The first kappa shape index (κ1) is 14.2. The molecular formula is C13H25NO4. The Morgan fingerprint density at radius 3 is 3.06 bits per heavy atom. The van der Waals surface area contributed by atoms with Crippen LogP contribution in [0.4, 0.5) is 0 Å². The highest BCUT2D eigenvalue weighted by molar-refractivity contribution is 4.92. The molecule has 0 aliphatic carbocycles. The monoisotopic (exact) mass is 259 g/mol. The molecule has 5 nitrogen and oxygen atoms in total. The second-order valence-electron chi connectivity index (χ2n) is 5.17. The van der Waals surface area contributed by atoms with Crippen molar-refractivity contribution in [1.82, 2.24) is 5.32 Å². The highest BCUT2D eigenvalue weighted by Crippen LogP contribution is 2.32. The van der Waals surface area contributed by atoms with Crippen LogP contribution in [-0.2, 0) is 14.2 Å². The summed E-state index contributed by atoms with van der Waals surface area (Å²) in [6, 6.07) is 0.540. The zero-order valence-electron chi connectivity index (χ0n) is 11.0. The zero-order valence-corrected chi connectivity index (χ0v) is 11.0. The molecular weight excluding hydrogens is 234 g/mol. The molecule has 0 radical (unpaired) electrons. The number of hydrogen-bond acceptors (Lipinski definition) is 5. The van der Waals surface area contributed by atoms with Crippen LogP contribution in [-0.4, -0.2) is 62.9 Å². The number of nitrogens with one attached hydrogen (secondary N) is 1. The van der Waals surface area contributed by atoms with E-state index in [1.807, 2.05) is 0 Å². The molecule has 2 atom stereocenters. The van der Waals surface area contributed by atoms with E-state index < -0.39 is 0 Å². The lowest BCUT2D eigenvalue weighted by atomic mass is 9.89. The molecule has 2 aliphatic rings. The Hall–Kier alpha value is -0.200. The SMILES string of the molecule is OCCOCCCNC1CCOC2(CCOC2)C1. The van der Waals surface area contributed by atoms with Gasteiger partial charge in [0.15, 0.2) is 0 Å². The van der Waals surface area contributed by atoms with E-state index in [0.29, 0.717) is 19.3 Å². The van der Waals surface area contributed by atoms with Gasteiger partial charge < -0.3 is 24.6 Å². The minimum Gasteiger partial charge on any atom is -0.394 e. The molecule has 2 N–H and O–H groups in total. The summed E-state index contributed by atoms with van der Waals surface area (Å²) in [5, 5.41) is 12.1. The third-order valence-corrected chi connectivity index (χ3v) is 3.69. The average Bonchev–Trinajstić information content (AvgIpc) is 2.82. The van der Waals surface area contributed by atoms with Gasteiger partial charge in [0.1, 0.15) is 0 Å². The topological polar surface area (TPSA) is 60.0 Å². The van der Waals surface area contributed by atoms with Crippen LogP contribution in [0.2, 0.25) is 0 Å². The van der Waals surface area contributed by atoms with E-state index in [9.17, 15) is 0 Å². The van der Waals surface area contributed by atoms with E-state index in [4.69, 9.17) is 19.3 Å². The van der Waals surface area contributed by atoms with Gasteiger partial charge in [-0.25, -0.2) is 0 Å². The molecule has 2 unspecified atom stereocenters. The van der Waals surface area contributed by atoms with Gasteiger partial charge in [0.25, 0.3) is 0 Å². The highest BCUT2D eigenvalue weighted by atomic mass is 16.6. The maximum Gasteiger partial charge on any atom is 0.0951 e. The molecule has 0 aromatic rings. The van der Waals surface area contributed by atoms with Crippen molar-refractivity contribution < 1.29 is 19.3 Å². The molecule has 106 valence electrons. The number of ether oxygens (including phenoxy) is 3. The first-order valence-electron chi connectivity index (χ1n) is 6.98. The molecule has 2 heterocycles. The van der Waals surface area contributed by atoms with Crippen LogP contribution < -0.4 is 5.32 Å². The average molecular weight is 259 g/mol. The summed E-state index contributed by atoms with van der Waals surface area (Å²) in [6.45, 7) is 4.65. The summed E-state index contributed by atoms with van der Waals surface area (Å²) in [5.74, 6) is 0. The fraction of sp³-hybridized carbons (Fsp3) is 1.00. The van der Waals surface area contributed by atoms with Gasteiger partial charge in [0.2, 0.25) is 0 Å². The van der Waals surface area contributed by atoms with Crippen molar-refractivity contribution in [3.8, 4) is 0 Å². The highest BCUT2D eigenvalue weighted by Gasteiger charge is 2.40. The normalized spacial score (nSPS) is 32.2. The minimum absolute atomic E-state index is 0.0106. The van der Waals surface area contributed by atoms with Crippen molar-refractivity contribution in [2.45, 2.75) is 37.3 Å². The summed E-state index contributed by atoms with van der Waals surface area (Å²) in [5.41, 5.74) is -0.0106. The zero-order chi connectivity index (χ0) is 12.7. The van der Waals surface area contributed by atoms with Crippen molar-refractivity contribution in [2.75, 3.05) is 46.2 Å². The fourth-order valence-electron chi connectivity index (χ4n) is 2.71. The van der Waals surface area contributed by atoms with Gasteiger partial charge in [-0.2, -0.15) is 0 Å². The molecule has 0 bridgehead atoms. The van der Waals surface area contributed by atoms with E-state index in [1.165, 1.54) is 0 Å². The van der Waals surface area contributed by atoms with Crippen LogP contribution in [0.15, 0.2) is 0 Å². The Morgan fingerprint density at radius 2 is 2.28 bits per heavy atom. The molecule has 2 saturated heterocycles. The molecule has 2 rings (SSSR count). The number of aliphatic hydroxyl groups is 1. The Bertz CT molecular complexity index is 231. The summed E-state index contributed by atoms with van der Waals surface area (Å²) in [7, 11) is 0. The van der Waals surface area contributed by atoms with Crippen molar-refractivity contribution in [2.24, 2.45) is 0 Å². The van der Waals surface area contributed by atoms with Gasteiger partial charge in [0, 0.05) is 32.3 Å². The van der Waals surface area contributed by atoms with Gasteiger partial charge in [-0.05, 0) is 25.8 Å². The number of aliphatic hydroxyl groups excluding tert-OH is 1. The quantitative estimate of drug-likeness (QED) is 0.645. The van der Waals surface area contributed by atoms with Crippen LogP contribution in [0.1, 0.15) is 25.7 Å². The predicted molar refractivity (Wildman–Crippen MR) is 67.7 cm³/mol. The van der Waals surface area contributed by atoms with Gasteiger partial charge >= 0.3 is 0 Å². The maximum atomic E-state index is 8.58. The van der Waals surface area contributed by atoms with Crippen molar-refractivity contribution >= 4 is 0 Å². The Labute approximate surface area is 109 Å². The van der Waals surface area contributed by atoms with E-state index in [1.54, 1.807) is 0 Å². The van der Waals surface area contributed by atoms with Crippen LogP contribution in [0.3, 0.4) is 0 Å². The molecule has 0 saturated carbocycles. The summed E-state index contributed by atoms with van der Waals surface area (Å²) < 4.78 is 16.6. The Morgan fingerprint density at radius 1 is 1.33 bits per heavy atom. The van der Waals surface area contributed by atoms with Gasteiger partial charge in [-0.1, -0.05) is 0 Å². The van der Waals surface area contributed by atoms with Crippen molar-refractivity contribution in [3.05, 3.63) is 0 Å². The van der Waals surface area contributed by atoms with E-state index in [2.05, 4.69) is 5.32 Å². The molecule has 0 amide bonds. The molecule has 5 heteroatoms. The third kappa shape index (κ3) is 4.17. The molecule has 0 aromatic carbocycles. The molecule has 2 fully saturated rings. The van der Waals surface area contributed by atoms with Crippen LogP contribution >= 0.6 is 0 Å². The van der Waals surface area contributed by atoms with Gasteiger partial charge in [0.05, 0.1) is 25.4 Å². The molecule has 0 aromatic heterocycles. The van der Waals surface area contributed by atoms with Gasteiger partial charge in [-0.15, -0.1) is 0 Å². The Kier molecular flexibility index (Phi) is 5.85. The third-order valence-electron chi connectivity index (χ3n) is 3.69. The fourth-order valence-corrected chi connectivity index (χ4v) is 2.71. The van der Waals surface area contributed by atoms with E-state index in [0.717, 1.165) is 52.0 Å². The first-order chi connectivity index (χ1) is 8.85.